The number of aromatic nitrogens is 1. The maximum absolute atomic E-state index is 3.46. The predicted molar refractivity (Wildman–Crippen MR) is 62.7 cm³/mol. The molecule has 0 saturated carbocycles. The largest absolute Gasteiger partial charge is 0.383 e. The van der Waals surface area contributed by atoms with Crippen molar-refractivity contribution in [2.45, 2.75) is 13.3 Å². The molecule has 1 aromatic carbocycles. The average Bonchev–Trinajstić information content (AvgIpc) is 2.52. The van der Waals surface area contributed by atoms with Gasteiger partial charge in [0.25, 0.3) is 0 Å². The number of hydrogen-bond acceptors (Lipinski definition) is 1. The zero-order chi connectivity index (χ0) is 10.3. The lowest BCUT2D eigenvalue weighted by molar-refractivity contribution is 0.905. The zero-order valence-corrected chi connectivity index (χ0v) is 8.83. The molecule has 2 heteroatoms. The molecule has 15 heavy (non-hydrogen) atoms. The van der Waals surface area contributed by atoms with E-state index in [-0.39, 0.29) is 0 Å². The topological polar surface area (TPSA) is 17.0 Å². The monoisotopic (exact) mass is 198 g/mol. The Morgan fingerprint density at radius 2 is 2.00 bits per heavy atom. The van der Waals surface area contributed by atoms with Gasteiger partial charge in [-0.25, -0.2) is 0 Å². The Kier molecular flexibility index (Phi) is 1.81. The van der Waals surface area contributed by atoms with Gasteiger partial charge in [0.1, 0.15) is 0 Å². The van der Waals surface area contributed by atoms with Crippen LogP contribution >= 0.6 is 0 Å². The fourth-order valence-electron chi connectivity index (χ4n) is 2.28. The minimum atomic E-state index is 1.01. The summed E-state index contributed by atoms with van der Waals surface area (Å²) in [6, 6.07) is 12.9. The predicted octanol–water partition coefficient (Wildman–Crippen LogP) is 2.75. The van der Waals surface area contributed by atoms with Gasteiger partial charge in [-0.05, 0) is 31.2 Å². The highest BCUT2D eigenvalue weighted by Crippen LogP contribution is 2.26. The van der Waals surface area contributed by atoms with Crippen LogP contribution in [0.5, 0.6) is 0 Å². The molecule has 0 spiro atoms. The molecule has 0 radical (unpaired) electrons. The van der Waals surface area contributed by atoms with Crippen molar-refractivity contribution in [3.8, 4) is 5.69 Å². The van der Waals surface area contributed by atoms with Gasteiger partial charge in [0.05, 0.1) is 11.4 Å². The van der Waals surface area contributed by atoms with E-state index in [4.69, 9.17) is 0 Å². The molecule has 1 N–H and O–H groups in total. The van der Waals surface area contributed by atoms with Gasteiger partial charge in [-0.1, -0.05) is 12.1 Å². The summed E-state index contributed by atoms with van der Waals surface area (Å²) in [5, 5.41) is 3.46. The average molecular weight is 198 g/mol. The Morgan fingerprint density at radius 1 is 1.13 bits per heavy atom. The van der Waals surface area contributed by atoms with Gasteiger partial charge in [0.15, 0.2) is 0 Å². The number of fused-ring (bicyclic) bond motifs is 3. The zero-order valence-electron chi connectivity index (χ0n) is 8.83. The molecular weight excluding hydrogens is 184 g/mol. The van der Waals surface area contributed by atoms with Crippen LogP contribution in [0.25, 0.3) is 5.69 Å². The molecule has 2 aromatic rings. The number of nitrogens with zero attached hydrogens (tertiary/aromatic N) is 1. The molecular formula is C13H14N2. The number of rotatable bonds is 0. The van der Waals surface area contributed by atoms with E-state index in [0.717, 1.165) is 13.0 Å². The molecule has 1 aromatic heterocycles. The molecule has 0 bridgehead atoms. The summed E-state index contributed by atoms with van der Waals surface area (Å²) in [5.74, 6) is 0. The van der Waals surface area contributed by atoms with Crippen LogP contribution in [0.4, 0.5) is 5.69 Å². The maximum atomic E-state index is 3.46. The second-order valence-electron chi connectivity index (χ2n) is 4.00. The third kappa shape index (κ3) is 1.25. The van der Waals surface area contributed by atoms with Crippen molar-refractivity contribution in [1.29, 1.82) is 0 Å². The van der Waals surface area contributed by atoms with Crippen LogP contribution in [0.2, 0.25) is 0 Å². The Bertz CT molecular complexity index is 497. The SMILES string of the molecule is Cc1ccc2n1-c1ccccc1NCC2. The Labute approximate surface area is 89.5 Å². The van der Waals surface area contributed by atoms with E-state index in [1.165, 1.54) is 22.8 Å². The van der Waals surface area contributed by atoms with Gasteiger partial charge in [0, 0.05) is 24.4 Å². The van der Waals surface area contributed by atoms with E-state index in [1.54, 1.807) is 0 Å². The van der Waals surface area contributed by atoms with E-state index >= 15 is 0 Å². The molecule has 0 saturated heterocycles. The Hall–Kier alpha value is -1.70. The second-order valence-corrected chi connectivity index (χ2v) is 4.00. The van der Waals surface area contributed by atoms with Crippen LogP contribution in [0, 0.1) is 6.92 Å². The summed E-state index contributed by atoms with van der Waals surface area (Å²) in [6.07, 6.45) is 1.09. The summed E-state index contributed by atoms with van der Waals surface area (Å²) in [6.45, 7) is 3.17. The summed E-state index contributed by atoms with van der Waals surface area (Å²) in [7, 11) is 0. The number of benzene rings is 1. The molecule has 76 valence electrons. The van der Waals surface area contributed by atoms with E-state index in [1.807, 2.05) is 0 Å². The van der Waals surface area contributed by atoms with Crippen molar-refractivity contribution in [3.63, 3.8) is 0 Å². The Balaban J connectivity index is 2.30. The molecule has 3 rings (SSSR count). The number of para-hydroxylation sites is 2. The highest BCUT2D eigenvalue weighted by Gasteiger charge is 2.13. The quantitative estimate of drug-likeness (QED) is 0.688. The second kappa shape index (κ2) is 3.16. The summed E-state index contributed by atoms with van der Waals surface area (Å²) >= 11 is 0. The van der Waals surface area contributed by atoms with Gasteiger partial charge in [-0.3, -0.25) is 0 Å². The van der Waals surface area contributed by atoms with Gasteiger partial charge < -0.3 is 9.88 Å². The van der Waals surface area contributed by atoms with E-state index in [2.05, 4.69) is 53.2 Å². The molecule has 0 atom stereocenters. The van der Waals surface area contributed by atoms with Gasteiger partial charge in [-0.15, -0.1) is 0 Å². The van der Waals surface area contributed by atoms with E-state index < -0.39 is 0 Å². The minimum absolute atomic E-state index is 1.01. The van der Waals surface area contributed by atoms with Crippen LogP contribution in [-0.4, -0.2) is 11.1 Å². The van der Waals surface area contributed by atoms with Crippen molar-refractivity contribution >= 4 is 5.69 Å². The minimum Gasteiger partial charge on any atom is -0.383 e. The van der Waals surface area contributed by atoms with Crippen molar-refractivity contribution in [1.82, 2.24) is 4.57 Å². The fourth-order valence-corrected chi connectivity index (χ4v) is 2.28. The number of anilines is 1. The summed E-state index contributed by atoms with van der Waals surface area (Å²) < 4.78 is 2.34. The van der Waals surface area contributed by atoms with Gasteiger partial charge in [-0.2, -0.15) is 0 Å². The lowest BCUT2D eigenvalue weighted by atomic mass is 10.2. The lowest BCUT2D eigenvalue weighted by Crippen LogP contribution is -2.01. The number of nitrogens with one attached hydrogen (secondary N) is 1. The highest BCUT2D eigenvalue weighted by atomic mass is 15.1. The molecule has 0 unspecified atom stereocenters. The van der Waals surface area contributed by atoms with Crippen LogP contribution in [0.1, 0.15) is 11.4 Å². The van der Waals surface area contributed by atoms with Crippen molar-refractivity contribution < 1.29 is 0 Å². The molecule has 1 aliphatic heterocycles. The maximum Gasteiger partial charge on any atom is 0.0687 e. The first-order valence-corrected chi connectivity index (χ1v) is 5.37. The Morgan fingerprint density at radius 3 is 2.93 bits per heavy atom. The lowest BCUT2D eigenvalue weighted by Gasteiger charge is -2.11. The highest BCUT2D eigenvalue weighted by molar-refractivity contribution is 5.63. The molecule has 0 aliphatic carbocycles. The fraction of sp³-hybridized carbons (Fsp3) is 0.231. The van der Waals surface area contributed by atoms with Crippen molar-refractivity contribution in [2.24, 2.45) is 0 Å². The molecule has 2 nitrogen and oxygen atoms in total. The van der Waals surface area contributed by atoms with Crippen LogP contribution in [0.15, 0.2) is 36.4 Å². The van der Waals surface area contributed by atoms with Crippen LogP contribution < -0.4 is 5.32 Å². The van der Waals surface area contributed by atoms with Gasteiger partial charge >= 0.3 is 0 Å². The summed E-state index contributed by atoms with van der Waals surface area (Å²) in [4.78, 5) is 0. The van der Waals surface area contributed by atoms with Crippen molar-refractivity contribution in [2.75, 3.05) is 11.9 Å². The van der Waals surface area contributed by atoms with Crippen LogP contribution in [0.3, 0.4) is 0 Å². The first-order valence-electron chi connectivity index (χ1n) is 5.37. The number of aryl methyl sites for hydroxylation is 1. The van der Waals surface area contributed by atoms with Crippen molar-refractivity contribution in [3.05, 3.63) is 47.8 Å². The first kappa shape index (κ1) is 8.60. The van der Waals surface area contributed by atoms with Crippen LogP contribution in [-0.2, 0) is 6.42 Å². The molecule has 0 amide bonds. The third-order valence-electron chi connectivity index (χ3n) is 3.00. The summed E-state index contributed by atoms with van der Waals surface area (Å²) in [5.41, 5.74) is 5.20. The molecule has 1 aliphatic rings. The normalized spacial score (nSPS) is 13.7. The molecule has 0 fully saturated rings. The first-order chi connectivity index (χ1) is 7.36. The van der Waals surface area contributed by atoms with E-state index in [0.29, 0.717) is 0 Å². The smallest absolute Gasteiger partial charge is 0.0687 e. The van der Waals surface area contributed by atoms with Gasteiger partial charge in [0.2, 0.25) is 0 Å². The number of hydrogen-bond donors (Lipinski definition) is 1. The third-order valence-corrected chi connectivity index (χ3v) is 3.00. The standard InChI is InChI=1S/C13H14N2/c1-10-6-7-11-8-9-14-12-4-2-3-5-13(12)15(10)11/h2-7,14H,8-9H2,1H3. The van der Waals surface area contributed by atoms with E-state index in [9.17, 15) is 0 Å². The molecule has 2 heterocycles.